The summed E-state index contributed by atoms with van der Waals surface area (Å²) >= 11 is 0. The third-order valence-corrected chi connectivity index (χ3v) is 2.98. The number of carbonyl (C=O) groups excluding carboxylic acids is 1. The Bertz CT molecular complexity index is 595. The van der Waals surface area contributed by atoms with E-state index in [4.69, 9.17) is 4.74 Å². The number of ether oxygens (including phenoxy) is 1. The van der Waals surface area contributed by atoms with E-state index in [-0.39, 0.29) is 12.2 Å². The second-order valence-electron chi connectivity index (χ2n) is 4.40. The van der Waals surface area contributed by atoms with E-state index in [2.05, 4.69) is 9.97 Å². The number of carbonyl (C=O) groups is 1. The molecule has 0 fully saturated rings. The van der Waals surface area contributed by atoms with Crippen molar-refractivity contribution in [1.29, 1.82) is 0 Å². The van der Waals surface area contributed by atoms with Gasteiger partial charge < -0.3 is 4.74 Å². The van der Waals surface area contributed by atoms with Gasteiger partial charge in [0.2, 0.25) is 0 Å². The molecule has 1 heterocycles. The predicted octanol–water partition coefficient (Wildman–Crippen LogP) is 2.53. The van der Waals surface area contributed by atoms with E-state index in [0.717, 1.165) is 16.9 Å². The van der Waals surface area contributed by atoms with Gasteiger partial charge >= 0.3 is 0 Å². The maximum atomic E-state index is 12.3. The minimum atomic E-state index is 0.0226. The highest BCUT2D eigenvalue weighted by Gasteiger charge is 2.13. The normalized spacial score (nSPS) is 10.3. The van der Waals surface area contributed by atoms with Gasteiger partial charge in [-0.3, -0.25) is 4.79 Å². The lowest BCUT2D eigenvalue weighted by molar-refractivity contribution is 0.0990. The maximum absolute atomic E-state index is 12.3. The molecule has 1 aromatic heterocycles. The van der Waals surface area contributed by atoms with Crippen molar-refractivity contribution in [3.05, 3.63) is 53.1 Å². The lowest BCUT2D eigenvalue weighted by Crippen LogP contribution is -2.09. The molecule has 1 aromatic carbocycles. The van der Waals surface area contributed by atoms with Crippen LogP contribution < -0.4 is 4.74 Å². The SMILES string of the molecule is COc1cc(C)c(C(=O)Cc2ncccn2)cc1C. The van der Waals surface area contributed by atoms with Crippen molar-refractivity contribution in [3.8, 4) is 5.75 Å². The number of Topliss-reactive ketones (excluding diaryl/α,β-unsaturated/α-hetero) is 1. The summed E-state index contributed by atoms with van der Waals surface area (Å²) in [6.07, 6.45) is 3.50. The molecule has 0 aliphatic carbocycles. The molecule has 0 aliphatic rings. The molecule has 98 valence electrons. The van der Waals surface area contributed by atoms with Crippen LogP contribution in [-0.4, -0.2) is 22.9 Å². The minimum absolute atomic E-state index is 0.0226. The summed E-state index contributed by atoms with van der Waals surface area (Å²) in [5.41, 5.74) is 2.56. The molecule has 2 rings (SSSR count). The van der Waals surface area contributed by atoms with Crippen LogP contribution in [0.25, 0.3) is 0 Å². The van der Waals surface area contributed by atoms with Gasteiger partial charge in [0.25, 0.3) is 0 Å². The Morgan fingerprint density at radius 2 is 1.84 bits per heavy atom. The van der Waals surface area contributed by atoms with E-state index in [1.54, 1.807) is 25.6 Å². The fourth-order valence-corrected chi connectivity index (χ4v) is 1.97. The van der Waals surface area contributed by atoms with Gasteiger partial charge in [-0.05, 0) is 43.2 Å². The van der Waals surface area contributed by atoms with Gasteiger partial charge in [-0.25, -0.2) is 9.97 Å². The number of aromatic nitrogens is 2. The van der Waals surface area contributed by atoms with Crippen LogP contribution >= 0.6 is 0 Å². The molecule has 0 atom stereocenters. The van der Waals surface area contributed by atoms with Crippen molar-refractivity contribution < 1.29 is 9.53 Å². The molecule has 4 nitrogen and oxygen atoms in total. The van der Waals surface area contributed by atoms with Gasteiger partial charge in [-0.15, -0.1) is 0 Å². The summed E-state index contributed by atoms with van der Waals surface area (Å²) in [4.78, 5) is 20.4. The van der Waals surface area contributed by atoms with Crippen molar-refractivity contribution in [2.75, 3.05) is 7.11 Å². The van der Waals surface area contributed by atoms with Crippen LogP contribution in [0, 0.1) is 13.8 Å². The summed E-state index contributed by atoms with van der Waals surface area (Å²) in [5.74, 6) is 1.36. The molecule has 2 aromatic rings. The summed E-state index contributed by atoms with van der Waals surface area (Å²) in [7, 11) is 1.63. The monoisotopic (exact) mass is 256 g/mol. The Kier molecular flexibility index (Phi) is 3.90. The van der Waals surface area contributed by atoms with Crippen LogP contribution in [-0.2, 0) is 6.42 Å². The lowest BCUT2D eigenvalue weighted by atomic mass is 9.99. The van der Waals surface area contributed by atoms with Crippen LogP contribution in [0.5, 0.6) is 5.75 Å². The molecule has 0 saturated carbocycles. The van der Waals surface area contributed by atoms with Gasteiger partial charge in [-0.2, -0.15) is 0 Å². The molecular weight excluding hydrogens is 240 g/mol. The van der Waals surface area contributed by atoms with Crippen LogP contribution in [0.2, 0.25) is 0 Å². The number of rotatable bonds is 4. The highest BCUT2D eigenvalue weighted by molar-refractivity contribution is 5.98. The van der Waals surface area contributed by atoms with E-state index in [0.29, 0.717) is 11.4 Å². The number of benzene rings is 1. The van der Waals surface area contributed by atoms with E-state index in [1.807, 2.05) is 26.0 Å². The van der Waals surface area contributed by atoms with E-state index >= 15 is 0 Å². The third kappa shape index (κ3) is 2.96. The lowest BCUT2D eigenvalue weighted by Gasteiger charge is -2.10. The van der Waals surface area contributed by atoms with Crippen LogP contribution in [0.3, 0.4) is 0 Å². The van der Waals surface area contributed by atoms with E-state index in [9.17, 15) is 4.79 Å². The molecule has 4 heteroatoms. The molecule has 0 N–H and O–H groups in total. The quantitative estimate of drug-likeness (QED) is 0.789. The second-order valence-corrected chi connectivity index (χ2v) is 4.40. The van der Waals surface area contributed by atoms with Gasteiger partial charge in [-0.1, -0.05) is 0 Å². The van der Waals surface area contributed by atoms with Crippen LogP contribution in [0.1, 0.15) is 27.3 Å². The van der Waals surface area contributed by atoms with Crippen molar-refractivity contribution in [2.45, 2.75) is 20.3 Å². The van der Waals surface area contributed by atoms with Crippen molar-refractivity contribution in [2.24, 2.45) is 0 Å². The Balaban J connectivity index is 2.27. The summed E-state index contributed by atoms with van der Waals surface area (Å²) in [6.45, 7) is 3.83. The maximum Gasteiger partial charge on any atom is 0.170 e. The minimum Gasteiger partial charge on any atom is -0.496 e. The molecule has 0 saturated heterocycles. The Hall–Kier alpha value is -2.23. The number of ketones is 1. The molecule has 19 heavy (non-hydrogen) atoms. The van der Waals surface area contributed by atoms with Crippen LogP contribution in [0.15, 0.2) is 30.6 Å². The molecule has 0 aliphatic heterocycles. The van der Waals surface area contributed by atoms with Crippen molar-refractivity contribution in [1.82, 2.24) is 9.97 Å². The molecule has 0 spiro atoms. The standard InChI is InChI=1S/C15H16N2O2/c1-10-8-14(19-3)11(2)7-12(10)13(18)9-15-16-5-4-6-17-15/h4-8H,9H2,1-3H3. The van der Waals surface area contributed by atoms with Crippen molar-refractivity contribution >= 4 is 5.78 Å². The molecule has 0 bridgehead atoms. The number of methoxy groups -OCH3 is 1. The molecule has 0 amide bonds. The van der Waals surface area contributed by atoms with Gasteiger partial charge in [0, 0.05) is 18.0 Å². The Morgan fingerprint density at radius 3 is 2.47 bits per heavy atom. The summed E-state index contributed by atoms with van der Waals surface area (Å²) in [6, 6.07) is 5.48. The van der Waals surface area contributed by atoms with Crippen molar-refractivity contribution in [3.63, 3.8) is 0 Å². The first-order chi connectivity index (χ1) is 9.11. The zero-order valence-electron chi connectivity index (χ0n) is 11.3. The smallest absolute Gasteiger partial charge is 0.170 e. The van der Waals surface area contributed by atoms with Gasteiger partial charge in [0.15, 0.2) is 5.78 Å². The second kappa shape index (κ2) is 5.61. The highest BCUT2D eigenvalue weighted by atomic mass is 16.5. The first-order valence-electron chi connectivity index (χ1n) is 6.06. The summed E-state index contributed by atoms with van der Waals surface area (Å²) in [5, 5.41) is 0. The Labute approximate surface area is 112 Å². The van der Waals surface area contributed by atoms with E-state index < -0.39 is 0 Å². The fraction of sp³-hybridized carbons (Fsp3) is 0.267. The van der Waals surface area contributed by atoms with Crippen LogP contribution in [0.4, 0.5) is 0 Å². The zero-order chi connectivity index (χ0) is 13.8. The molecular formula is C15H16N2O2. The first-order valence-corrected chi connectivity index (χ1v) is 6.06. The number of hydrogen-bond donors (Lipinski definition) is 0. The topological polar surface area (TPSA) is 52.1 Å². The Morgan fingerprint density at radius 1 is 1.16 bits per heavy atom. The average Bonchev–Trinajstić information content (AvgIpc) is 2.42. The fourth-order valence-electron chi connectivity index (χ4n) is 1.97. The summed E-state index contributed by atoms with van der Waals surface area (Å²) < 4.78 is 5.24. The zero-order valence-corrected chi connectivity index (χ0v) is 11.3. The largest absolute Gasteiger partial charge is 0.496 e. The molecule has 0 unspecified atom stereocenters. The number of aryl methyl sites for hydroxylation is 2. The average molecular weight is 256 g/mol. The highest BCUT2D eigenvalue weighted by Crippen LogP contribution is 2.23. The number of hydrogen-bond acceptors (Lipinski definition) is 4. The van der Waals surface area contributed by atoms with Gasteiger partial charge in [0.1, 0.15) is 11.6 Å². The first kappa shape index (κ1) is 13.2. The predicted molar refractivity (Wildman–Crippen MR) is 72.5 cm³/mol. The van der Waals surface area contributed by atoms with Gasteiger partial charge in [0.05, 0.1) is 13.5 Å². The third-order valence-electron chi connectivity index (χ3n) is 2.98. The van der Waals surface area contributed by atoms with E-state index in [1.165, 1.54) is 0 Å². The molecule has 0 radical (unpaired) electrons. The number of nitrogens with zero attached hydrogens (tertiary/aromatic N) is 2.